The molecule has 66 heavy (non-hydrogen) atoms. The Labute approximate surface area is 386 Å². The molecule has 13 nitrogen and oxygen atoms in total. The number of sulfone groups is 1. The third-order valence-corrected chi connectivity index (χ3v) is 13.5. The van der Waals surface area contributed by atoms with Crippen LogP contribution in [0, 0.1) is 18.2 Å². The van der Waals surface area contributed by atoms with Crippen molar-refractivity contribution in [3.05, 3.63) is 137 Å². The molecular formula is C51H57FN6O7S. The molecule has 5 aromatic rings. The second-order valence-corrected chi connectivity index (χ2v) is 20.2. The van der Waals surface area contributed by atoms with Gasteiger partial charge in [0.25, 0.3) is 5.91 Å². The highest BCUT2D eigenvalue weighted by atomic mass is 32.2. The Morgan fingerprint density at radius 2 is 1.68 bits per heavy atom. The number of nitrogens with one attached hydrogen (secondary N) is 3. The highest BCUT2D eigenvalue weighted by Crippen LogP contribution is 2.37. The Balaban J connectivity index is 0.787. The van der Waals surface area contributed by atoms with Crippen LogP contribution in [0.15, 0.2) is 108 Å². The van der Waals surface area contributed by atoms with Crippen LogP contribution in [0.3, 0.4) is 0 Å². The smallest absolute Gasteiger partial charge is 0.255 e. The zero-order valence-corrected chi connectivity index (χ0v) is 38.7. The third-order valence-electron chi connectivity index (χ3n) is 11.3. The summed E-state index contributed by atoms with van der Waals surface area (Å²) in [5.74, 6) is 0.953. The molecule has 0 spiro atoms. The van der Waals surface area contributed by atoms with Crippen molar-refractivity contribution in [2.45, 2.75) is 103 Å². The summed E-state index contributed by atoms with van der Waals surface area (Å²) in [7, 11) is -3.46. The van der Waals surface area contributed by atoms with Crippen molar-refractivity contribution in [1.82, 2.24) is 20.2 Å². The number of Topliss-reactive ketones (excluding diaryl/α,β-unsaturated/α-hetero) is 1. The molecule has 0 bridgehead atoms. The van der Waals surface area contributed by atoms with E-state index in [1.165, 1.54) is 17.0 Å². The second kappa shape index (κ2) is 20.7. The minimum atomic E-state index is -3.46. The average molecular weight is 917 g/mol. The van der Waals surface area contributed by atoms with E-state index < -0.39 is 21.7 Å². The first-order chi connectivity index (χ1) is 31.5. The summed E-state index contributed by atoms with van der Waals surface area (Å²) >= 11 is 0. The van der Waals surface area contributed by atoms with E-state index in [-0.39, 0.29) is 64.5 Å². The molecule has 1 aliphatic heterocycles. The number of halogens is 1. The maximum Gasteiger partial charge on any atom is 0.255 e. The molecule has 1 saturated carbocycles. The lowest BCUT2D eigenvalue weighted by Crippen LogP contribution is -2.43. The number of benzene rings is 4. The third kappa shape index (κ3) is 12.6. The van der Waals surface area contributed by atoms with Crippen molar-refractivity contribution < 1.29 is 36.7 Å². The van der Waals surface area contributed by atoms with Crippen molar-refractivity contribution >= 4 is 50.6 Å². The monoisotopic (exact) mass is 916 g/mol. The summed E-state index contributed by atoms with van der Waals surface area (Å²) in [6, 6.07) is 23.7. The molecule has 1 aromatic heterocycles. The van der Waals surface area contributed by atoms with E-state index in [0.29, 0.717) is 61.2 Å². The molecule has 1 atom stereocenters. The number of amides is 2. The number of fused-ring (bicyclic) bond motifs is 1. The van der Waals surface area contributed by atoms with Crippen molar-refractivity contribution in [3.8, 4) is 11.5 Å². The largest absolute Gasteiger partial charge is 0.494 e. The molecule has 2 aliphatic rings. The Kier molecular flexibility index (Phi) is 14.9. The number of rotatable bonds is 19. The van der Waals surface area contributed by atoms with Crippen LogP contribution < -0.4 is 25.4 Å². The Morgan fingerprint density at radius 3 is 2.42 bits per heavy atom. The van der Waals surface area contributed by atoms with Crippen molar-refractivity contribution in [1.29, 1.82) is 0 Å². The van der Waals surface area contributed by atoms with E-state index in [4.69, 9.17) is 9.47 Å². The van der Waals surface area contributed by atoms with Gasteiger partial charge in [-0.3, -0.25) is 14.4 Å². The van der Waals surface area contributed by atoms with Gasteiger partial charge in [-0.1, -0.05) is 63.3 Å². The Morgan fingerprint density at radius 1 is 0.924 bits per heavy atom. The number of allylic oxidation sites excluding steroid dienone is 1. The number of carbonyl (C=O) groups is 3. The lowest BCUT2D eigenvalue weighted by molar-refractivity contribution is -0.124. The lowest BCUT2D eigenvalue weighted by atomic mass is 9.90. The first-order valence-corrected chi connectivity index (χ1v) is 23.9. The van der Waals surface area contributed by atoms with Crippen LogP contribution in [0.5, 0.6) is 11.5 Å². The molecule has 0 unspecified atom stereocenters. The molecule has 1 aliphatic carbocycles. The SMILES string of the molecule is C=C1CC[C@H](N2Cc3c(OCc4ccc(CNC(=O)CCCCCOc5ccc(Nc6ncc(C)c(Nc7cccc(S(=O)(=O)CC(C)(C)C)c7)n6)cc5)cc4)cc(F)cc3C2=O)C(=O)C1. The van der Waals surface area contributed by atoms with Crippen molar-refractivity contribution in [2.24, 2.45) is 5.41 Å². The highest BCUT2D eigenvalue weighted by Gasteiger charge is 2.39. The Bertz CT molecular complexity index is 2700. The zero-order valence-electron chi connectivity index (χ0n) is 37.9. The number of carbonyl (C=O) groups excluding carboxylic acids is 3. The van der Waals surface area contributed by atoms with Gasteiger partial charge in [-0.15, -0.1) is 0 Å². The highest BCUT2D eigenvalue weighted by molar-refractivity contribution is 7.91. The maximum atomic E-state index is 14.6. The number of ether oxygens (including phenoxy) is 2. The molecule has 346 valence electrons. The molecule has 7 rings (SSSR count). The summed E-state index contributed by atoms with van der Waals surface area (Å²) in [6.07, 6.45) is 5.89. The van der Waals surface area contributed by atoms with E-state index in [1.54, 1.807) is 30.5 Å². The summed E-state index contributed by atoms with van der Waals surface area (Å²) in [5, 5.41) is 9.42. The fraction of sp³-hybridized carbons (Fsp3) is 0.353. The summed E-state index contributed by atoms with van der Waals surface area (Å²) in [6.45, 7) is 12.7. The van der Waals surface area contributed by atoms with E-state index in [9.17, 15) is 27.2 Å². The molecule has 15 heteroatoms. The lowest BCUT2D eigenvalue weighted by Gasteiger charge is -2.30. The molecule has 0 saturated heterocycles. The number of hydrogen-bond donors (Lipinski definition) is 3. The van der Waals surface area contributed by atoms with E-state index >= 15 is 0 Å². The van der Waals surface area contributed by atoms with Gasteiger partial charge < -0.3 is 30.3 Å². The quantitative estimate of drug-likeness (QED) is 0.0533. The molecule has 4 aromatic carbocycles. The van der Waals surface area contributed by atoms with Crippen LogP contribution in [0.4, 0.5) is 27.5 Å². The van der Waals surface area contributed by atoms with Crippen molar-refractivity contribution in [3.63, 3.8) is 0 Å². The van der Waals surface area contributed by atoms with Crippen LogP contribution in [0.2, 0.25) is 0 Å². The van der Waals surface area contributed by atoms with Crippen LogP contribution in [-0.4, -0.2) is 59.3 Å². The number of nitrogens with zero attached hydrogens (tertiary/aromatic N) is 3. The molecule has 3 N–H and O–H groups in total. The number of anilines is 4. The van der Waals surface area contributed by atoms with Gasteiger partial charge in [-0.2, -0.15) is 4.98 Å². The topological polar surface area (TPSA) is 169 Å². The molecule has 1 fully saturated rings. The average Bonchev–Trinajstić information content (AvgIpc) is 3.59. The number of unbranched alkanes of at least 4 members (excludes halogenated alkanes) is 2. The van der Waals surface area contributed by atoms with Gasteiger partial charge in [0, 0.05) is 54.2 Å². The predicted molar refractivity (Wildman–Crippen MR) is 252 cm³/mol. The van der Waals surface area contributed by atoms with Gasteiger partial charge in [-0.25, -0.2) is 17.8 Å². The fourth-order valence-corrected chi connectivity index (χ4v) is 9.83. The van der Waals surface area contributed by atoms with Crippen LogP contribution in [0.1, 0.15) is 98.3 Å². The first kappa shape index (κ1) is 47.4. The fourth-order valence-electron chi connectivity index (χ4n) is 7.93. The van der Waals surface area contributed by atoms with Gasteiger partial charge in [0.1, 0.15) is 29.7 Å². The second-order valence-electron chi connectivity index (χ2n) is 18.2. The minimum absolute atomic E-state index is 0.0356. The van der Waals surface area contributed by atoms with Gasteiger partial charge in [0.2, 0.25) is 11.9 Å². The van der Waals surface area contributed by atoms with E-state index in [0.717, 1.165) is 47.2 Å². The number of aromatic nitrogens is 2. The number of hydrogen-bond acceptors (Lipinski definition) is 11. The van der Waals surface area contributed by atoms with E-state index in [1.807, 2.05) is 76.2 Å². The van der Waals surface area contributed by atoms with Gasteiger partial charge in [0.15, 0.2) is 15.6 Å². The predicted octanol–water partition coefficient (Wildman–Crippen LogP) is 9.70. The molecular weight excluding hydrogens is 860 g/mol. The van der Waals surface area contributed by atoms with Gasteiger partial charge in [0.05, 0.1) is 35.4 Å². The summed E-state index contributed by atoms with van der Waals surface area (Å²) in [4.78, 5) is 49.3. The first-order valence-electron chi connectivity index (χ1n) is 22.2. The number of aryl methyl sites for hydroxylation is 1. The number of ketones is 1. The summed E-state index contributed by atoms with van der Waals surface area (Å²) < 4.78 is 52.5. The van der Waals surface area contributed by atoms with Crippen molar-refractivity contribution in [2.75, 3.05) is 23.0 Å². The normalized spacial score (nSPS) is 15.1. The summed E-state index contributed by atoms with van der Waals surface area (Å²) in [5.41, 5.74) is 5.24. The zero-order chi connectivity index (χ0) is 47.0. The van der Waals surface area contributed by atoms with Gasteiger partial charge >= 0.3 is 0 Å². The van der Waals surface area contributed by atoms with Crippen LogP contribution >= 0.6 is 0 Å². The van der Waals surface area contributed by atoms with Crippen LogP contribution in [-0.2, 0) is 39.1 Å². The maximum absolute atomic E-state index is 14.6. The van der Waals surface area contributed by atoms with Crippen LogP contribution in [0.25, 0.3) is 0 Å². The minimum Gasteiger partial charge on any atom is -0.494 e. The standard InChI is InChI=1S/C51H57FN6O7S/c1-33-13-22-44(45(59)24-33)58-30-43-42(49(58)61)25-37(52)26-46(43)65-31-36-16-14-35(15-17-36)29-53-47(60)12-7-6-8-23-64-40-20-18-38(19-21-40)56-50-54-28-34(2)48(57-50)55-39-10-9-11-41(27-39)66(62,63)32-51(3,4)5/h9-11,14-21,25-28,44H,1,6-8,12-13,22-24,29-32H2,2-5H3,(H,53,60)(H2,54,55,56,57)/t44-/m0/s1. The molecule has 0 radical (unpaired) electrons. The molecule has 2 heterocycles. The molecule has 2 amide bonds. The Hall–Kier alpha value is -6.61. The van der Waals surface area contributed by atoms with E-state index in [2.05, 4.69) is 32.5 Å². The van der Waals surface area contributed by atoms with Gasteiger partial charge in [-0.05, 0) is 104 Å².